The number of halogens is 4. The average Bonchev–Trinajstić information content (AvgIpc) is 3.10. The molecule has 1 saturated heterocycles. The maximum Gasteiger partial charge on any atom is 0.417 e. The number of aliphatic hydroxyl groups excluding tert-OH is 1. The first-order chi connectivity index (χ1) is 18.9. The summed E-state index contributed by atoms with van der Waals surface area (Å²) in [6.45, 7) is 8.22. The molecule has 0 amide bonds. The van der Waals surface area contributed by atoms with Crippen LogP contribution in [-0.2, 0) is 17.5 Å². The van der Waals surface area contributed by atoms with Gasteiger partial charge in [0.2, 0.25) is 0 Å². The summed E-state index contributed by atoms with van der Waals surface area (Å²) < 4.78 is 64.9. The first kappa shape index (κ1) is 28.6. The Hall–Kier alpha value is -2.93. The summed E-state index contributed by atoms with van der Waals surface area (Å²) in [7, 11) is 1.49. The zero-order valence-electron chi connectivity index (χ0n) is 22.3. The molecule has 5 rings (SSSR count). The van der Waals surface area contributed by atoms with Crippen molar-refractivity contribution < 1.29 is 27.4 Å². The number of ether oxygens (including phenoxy) is 1. The van der Waals surface area contributed by atoms with Crippen molar-refractivity contribution in [3.05, 3.63) is 64.9 Å². The van der Waals surface area contributed by atoms with Gasteiger partial charge in [0.25, 0.3) is 0 Å². The lowest BCUT2D eigenvalue weighted by Crippen LogP contribution is -2.60. The molecular formula is C28H30F4N4O3S. The first-order valence-corrected chi connectivity index (χ1v) is 13.9. The zero-order valence-corrected chi connectivity index (χ0v) is 23.1. The van der Waals surface area contributed by atoms with Gasteiger partial charge in [-0.05, 0) is 43.7 Å². The first-order valence-electron chi connectivity index (χ1n) is 12.9. The van der Waals surface area contributed by atoms with Crippen LogP contribution in [0.5, 0.6) is 0 Å². The van der Waals surface area contributed by atoms with E-state index >= 15 is 0 Å². The van der Waals surface area contributed by atoms with Crippen LogP contribution < -0.4 is 10.6 Å². The number of benzene rings is 2. The van der Waals surface area contributed by atoms with E-state index in [1.54, 1.807) is 0 Å². The third kappa shape index (κ3) is 5.02. The van der Waals surface area contributed by atoms with E-state index in [1.165, 1.54) is 41.6 Å². The molecule has 7 nitrogen and oxygen atoms in total. The maximum absolute atomic E-state index is 14.7. The highest BCUT2D eigenvalue weighted by Crippen LogP contribution is 2.48. The molecule has 0 bridgehead atoms. The van der Waals surface area contributed by atoms with Gasteiger partial charge in [0.15, 0.2) is 0 Å². The van der Waals surface area contributed by atoms with Gasteiger partial charge in [-0.2, -0.15) is 18.2 Å². The van der Waals surface area contributed by atoms with E-state index in [9.17, 15) is 27.5 Å². The minimum Gasteiger partial charge on any atom is -0.379 e. The van der Waals surface area contributed by atoms with Gasteiger partial charge in [0, 0.05) is 53.9 Å². The predicted octanol–water partition coefficient (Wildman–Crippen LogP) is 4.75. The molecule has 12 heteroatoms. The van der Waals surface area contributed by atoms with Gasteiger partial charge >= 0.3 is 11.9 Å². The summed E-state index contributed by atoms with van der Waals surface area (Å²) in [5.74, 6) is -0.0935. The fourth-order valence-corrected chi connectivity index (χ4v) is 7.12. The molecule has 214 valence electrons. The van der Waals surface area contributed by atoms with E-state index in [2.05, 4.69) is 11.6 Å². The number of hydrogen-bond donors (Lipinski definition) is 1. The van der Waals surface area contributed by atoms with Crippen molar-refractivity contribution in [2.75, 3.05) is 30.9 Å². The molecule has 1 unspecified atom stereocenters. The molecular weight excluding hydrogens is 548 g/mol. The average molecular weight is 579 g/mol. The summed E-state index contributed by atoms with van der Waals surface area (Å²) in [6.07, 6.45) is -4.64. The van der Waals surface area contributed by atoms with Crippen molar-refractivity contribution in [3.8, 4) is 11.1 Å². The van der Waals surface area contributed by atoms with Crippen LogP contribution in [0.3, 0.4) is 0 Å². The van der Waals surface area contributed by atoms with E-state index in [1.807, 2.05) is 23.6 Å². The zero-order chi connectivity index (χ0) is 28.9. The lowest BCUT2D eigenvalue weighted by molar-refractivity contribution is -0.137. The van der Waals surface area contributed by atoms with Crippen LogP contribution in [0, 0.1) is 5.82 Å². The van der Waals surface area contributed by atoms with Gasteiger partial charge in [-0.25, -0.2) is 9.18 Å². The highest BCUT2D eigenvalue weighted by molar-refractivity contribution is 7.99. The molecule has 1 aromatic heterocycles. The Kier molecular flexibility index (Phi) is 7.73. The number of piperazine rings is 1. The van der Waals surface area contributed by atoms with Crippen LogP contribution in [0.15, 0.2) is 52.7 Å². The Morgan fingerprint density at radius 2 is 1.82 bits per heavy atom. The Bertz CT molecular complexity index is 1480. The van der Waals surface area contributed by atoms with Crippen LogP contribution in [0.1, 0.15) is 19.4 Å². The van der Waals surface area contributed by atoms with E-state index in [4.69, 9.17) is 4.74 Å². The van der Waals surface area contributed by atoms with E-state index in [-0.39, 0.29) is 45.9 Å². The Balaban J connectivity index is 1.80. The number of anilines is 1. The Morgan fingerprint density at radius 3 is 2.40 bits per heavy atom. The molecule has 0 radical (unpaired) electrons. The van der Waals surface area contributed by atoms with Crippen LogP contribution in [0.4, 0.5) is 23.4 Å². The molecule has 1 N–H and O–H groups in total. The second-order valence-electron chi connectivity index (χ2n) is 10.2. The maximum atomic E-state index is 14.7. The SMILES string of the molecule is C=CC(O)N1[C@H](C)CN(c2nc(=O)n3c4c(c(-c5ccc(F)cc5)c(C(F)(F)F)cc24)SC[C@H](OC)C3)C[C@@H]1C. The predicted molar refractivity (Wildman–Crippen MR) is 147 cm³/mol. The molecule has 40 heavy (non-hydrogen) atoms. The highest BCUT2D eigenvalue weighted by atomic mass is 32.2. The van der Waals surface area contributed by atoms with Crippen LogP contribution >= 0.6 is 11.8 Å². The summed E-state index contributed by atoms with van der Waals surface area (Å²) in [6, 6.07) is 5.52. The number of aromatic nitrogens is 2. The smallest absolute Gasteiger partial charge is 0.379 e. The summed E-state index contributed by atoms with van der Waals surface area (Å²) in [5, 5.41) is 10.6. The van der Waals surface area contributed by atoms with Crippen molar-refractivity contribution >= 4 is 28.5 Å². The van der Waals surface area contributed by atoms with Crippen molar-refractivity contribution in [1.29, 1.82) is 0 Å². The van der Waals surface area contributed by atoms with Crippen molar-refractivity contribution in [1.82, 2.24) is 14.5 Å². The fourth-order valence-electron chi connectivity index (χ4n) is 5.80. The number of hydrogen-bond acceptors (Lipinski definition) is 7. The molecule has 2 aliphatic heterocycles. The lowest BCUT2D eigenvalue weighted by atomic mass is 9.96. The number of alkyl halides is 3. The normalized spacial score (nSPS) is 22.8. The molecule has 3 heterocycles. The molecule has 0 saturated carbocycles. The van der Waals surface area contributed by atoms with Crippen molar-refractivity contribution in [2.45, 2.75) is 55.9 Å². The summed E-state index contributed by atoms with van der Waals surface area (Å²) >= 11 is 1.19. The molecule has 4 atom stereocenters. The molecule has 1 fully saturated rings. The minimum absolute atomic E-state index is 0.104. The summed E-state index contributed by atoms with van der Waals surface area (Å²) in [5.41, 5.74) is -1.04. The molecule has 3 aromatic rings. The van der Waals surface area contributed by atoms with Crippen LogP contribution in [0.25, 0.3) is 22.0 Å². The quantitative estimate of drug-likeness (QED) is 0.346. The third-order valence-electron chi connectivity index (χ3n) is 7.57. The number of methoxy groups -OCH3 is 1. The van der Waals surface area contributed by atoms with Gasteiger partial charge in [-0.15, -0.1) is 11.8 Å². The number of rotatable bonds is 5. The van der Waals surface area contributed by atoms with Crippen molar-refractivity contribution in [2.24, 2.45) is 0 Å². The van der Waals surface area contributed by atoms with E-state index in [0.717, 1.165) is 18.2 Å². The second-order valence-corrected chi connectivity index (χ2v) is 11.3. The van der Waals surface area contributed by atoms with Gasteiger partial charge < -0.3 is 14.7 Å². The number of aliphatic hydroxyl groups is 1. The Morgan fingerprint density at radius 1 is 1.18 bits per heavy atom. The standard InChI is InChI=1S/C28H30F4N4O3S/c1-5-22(37)36-15(2)11-34(12-16(36)3)26-20-10-21(28(30,31)32)23(17-6-8-18(29)9-7-17)25-24(20)35(27(38)33-26)13-19(39-4)14-40-25/h5-10,15-16,19,22,37H,1,11-14H2,2-4H3/t15-,16+,19-,22?/m1/s1. The number of thioether (sulfide) groups is 1. The lowest BCUT2D eigenvalue weighted by Gasteiger charge is -2.46. The fraction of sp³-hybridized carbons (Fsp3) is 0.429. The second kappa shape index (κ2) is 10.8. The van der Waals surface area contributed by atoms with Crippen LogP contribution in [-0.4, -0.2) is 69.9 Å². The summed E-state index contributed by atoms with van der Waals surface area (Å²) in [4.78, 5) is 21.8. The van der Waals surface area contributed by atoms with Gasteiger partial charge in [-0.3, -0.25) is 9.47 Å². The topological polar surface area (TPSA) is 70.8 Å². The van der Waals surface area contributed by atoms with Crippen LogP contribution in [0.2, 0.25) is 0 Å². The van der Waals surface area contributed by atoms with Gasteiger partial charge in [-0.1, -0.05) is 18.7 Å². The van der Waals surface area contributed by atoms with E-state index < -0.39 is 35.6 Å². The highest BCUT2D eigenvalue weighted by Gasteiger charge is 2.39. The van der Waals surface area contributed by atoms with E-state index in [0.29, 0.717) is 24.4 Å². The Labute approximate surface area is 233 Å². The monoisotopic (exact) mass is 578 g/mol. The third-order valence-corrected chi connectivity index (χ3v) is 8.80. The molecule has 0 aliphatic carbocycles. The van der Waals surface area contributed by atoms with Crippen molar-refractivity contribution in [3.63, 3.8) is 0 Å². The molecule has 2 aliphatic rings. The number of nitrogens with zero attached hydrogens (tertiary/aromatic N) is 4. The largest absolute Gasteiger partial charge is 0.417 e. The van der Waals surface area contributed by atoms with Gasteiger partial charge in [0.05, 0.1) is 23.7 Å². The minimum atomic E-state index is -4.74. The molecule has 0 spiro atoms. The van der Waals surface area contributed by atoms with Gasteiger partial charge in [0.1, 0.15) is 17.9 Å². The molecule has 2 aromatic carbocycles.